The van der Waals surface area contributed by atoms with Crippen molar-refractivity contribution in [2.45, 2.75) is 25.3 Å². The molecule has 1 unspecified atom stereocenters. The van der Waals surface area contributed by atoms with Gasteiger partial charge in [-0.05, 0) is 24.8 Å². The van der Waals surface area contributed by atoms with Crippen LogP contribution in [0.25, 0.3) is 16.8 Å². The maximum Gasteiger partial charge on any atom is 0.254 e. The Morgan fingerprint density at radius 1 is 1.29 bits per heavy atom. The van der Waals surface area contributed by atoms with Gasteiger partial charge >= 0.3 is 0 Å². The van der Waals surface area contributed by atoms with Crippen LogP contribution in [-0.4, -0.2) is 29.1 Å². The lowest BCUT2D eigenvalue weighted by Crippen LogP contribution is -2.25. The van der Waals surface area contributed by atoms with E-state index >= 15 is 0 Å². The zero-order valence-corrected chi connectivity index (χ0v) is 13.5. The van der Waals surface area contributed by atoms with Crippen molar-refractivity contribution in [3.63, 3.8) is 0 Å². The first-order chi connectivity index (χ1) is 11.7. The molecule has 5 nitrogen and oxygen atoms in total. The zero-order valence-electron chi connectivity index (χ0n) is 13.5. The third-order valence-electron chi connectivity index (χ3n) is 4.34. The second-order valence-corrected chi connectivity index (χ2v) is 5.91. The molecule has 1 atom stereocenters. The molecule has 0 aliphatic carbocycles. The fourth-order valence-corrected chi connectivity index (χ4v) is 3.05. The molecule has 0 spiro atoms. The summed E-state index contributed by atoms with van der Waals surface area (Å²) in [5, 5.41) is 0. The molecule has 0 saturated carbocycles. The van der Waals surface area contributed by atoms with Gasteiger partial charge in [-0.3, -0.25) is 14.2 Å². The Labute approximate surface area is 140 Å². The van der Waals surface area contributed by atoms with Crippen molar-refractivity contribution in [1.29, 1.82) is 0 Å². The molecule has 3 rings (SSSR count). The third-order valence-corrected chi connectivity index (χ3v) is 4.34. The summed E-state index contributed by atoms with van der Waals surface area (Å²) in [7, 11) is 0. The standard InChI is InChI=1S/C19H20N2O3/c1-14(12-22)16-6-2-3-7-17(16)18-11-19(23)21(13-20-18)15-5-4-9-24-10-8-15/h2-3,6-7,11-13,15H,1,4-5,8-10H2. The van der Waals surface area contributed by atoms with Gasteiger partial charge < -0.3 is 4.74 Å². The van der Waals surface area contributed by atoms with Crippen molar-refractivity contribution in [3.8, 4) is 11.3 Å². The normalized spacial score (nSPS) is 17.9. The second-order valence-electron chi connectivity index (χ2n) is 5.91. The number of carbonyl (C=O) groups is 1. The van der Waals surface area contributed by atoms with Crippen LogP contribution >= 0.6 is 0 Å². The molecule has 24 heavy (non-hydrogen) atoms. The van der Waals surface area contributed by atoms with Crippen molar-refractivity contribution < 1.29 is 9.53 Å². The number of carbonyl (C=O) groups excluding carboxylic acids is 1. The van der Waals surface area contributed by atoms with Crippen LogP contribution in [0.5, 0.6) is 0 Å². The third kappa shape index (κ3) is 3.36. The van der Waals surface area contributed by atoms with Crippen LogP contribution in [0.2, 0.25) is 0 Å². The molecule has 124 valence electrons. The predicted octanol–water partition coefficient (Wildman–Crippen LogP) is 2.86. The lowest BCUT2D eigenvalue weighted by molar-refractivity contribution is -0.103. The van der Waals surface area contributed by atoms with E-state index in [-0.39, 0.29) is 11.6 Å². The summed E-state index contributed by atoms with van der Waals surface area (Å²) in [5.74, 6) is 0. The summed E-state index contributed by atoms with van der Waals surface area (Å²) in [6, 6.07) is 8.99. The van der Waals surface area contributed by atoms with Crippen molar-refractivity contribution in [2.75, 3.05) is 13.2 Å². The lowest BCUT2D eigenvalue weighted by atomic mass is 9.99. The molecule has 5 heteroatoms. The number of aromatic nitrogens is 2. The van der Waals surface area contributed by atoms with E-state index in [1.807, 2.05) is 24.3 Å². The fraction of sp³-hybridized carbons (Fsp3) is 0.316. The van der Waals surface area contributed by atoms with Gasteiger partial charge in [0.25, 0.3) is 5.56 Å². The number of hydrogen-bond donors (Lipinski definition) is 0. The van der Waals surface area contributed by atoms with Gasteiger partial charge in [0, 0.05) is 36.5 Å². The highest BCUT2D eigenvalue weighted by atomic mass is 16.5. The summed E-state index contributed by atoms with van der Waals surface area (Å²) < 4.78 is 7.14. The first-order valence-corrected chi connectivity index (χ1v) is 8.10. The van der Waals surface area contributed by atoms with Gasteiger partial charge in [-0.25, -0.2) is 4.98 Å². The van der Waals surface area contributed by atoms with Crippen LogP contribution in [0.15, 0.2) is 48.0 Å². The van der Waals surface area contributed by atoms with Crippen molar-refractivity contribution >= 4 is 11.9 Å². The van der Waals surface area contributed by atoms with Crippen LogP contribution in [0.3, 0.4) is 0 Å². The Morgan fingerprint density at radius 2 is 2.12 bits per heavy atom. The van der Waals surface area contributed by atoms with Crippen LogP contribution in [-0.2, 0) is 9.53 Å². The molecule has 2 heterocycles. The van der Waals surface area contributed by atoms with E-state index in [9.17, 15) is 9.59 Å². The molecule has 0 N–H and O–H groups in total. The summed E-state index contributed by atoms with van der Waals surface area (Å²) in [6.07, 6.45) is 5.00. The average Bonchev–Trinajstić information content (AvgIpc) is 2.90. The minimum absolute atomic E-state index is 0.0848. The Hall–Kier alpha value is -2.53. The molecule has 1 aliphatic rings. The molecular formula is C19H20N2O3. The smallest absolute Gasteiger partial charge is 0.254 e. The Bertz CT molecular complexity index is 802. The number of hydrogen-bond acceptors (Lipinski definition) is 4. The van der Waals surface area contributed by atoms with Gasteiger partial charge in [-0.15, -0.1) is 0 Å². The predicted molar refractivity (Wildman–Crippen MR) is 92.7 cm³/mol. The summed E-state index contributed by atoms with van der Waals surface area (Å²) in [5.41, 5.74) is 2.28. The number of aldehydes is 1. The zero-order chi connectivity index (χ0) is 16.9. The fourth-order valence-electron chi connectivity index (χ4n) is 3.05. The number of rotatable bonds is 4. The summed E-state index contributed by atoms with van der Waals surface area (Å²) in [4.78, 5) is 28.1. The molecular weight excluding hydrogens is 304 g/mol. The molecule has 0 amide bonds. The van der Waals surface area contributed by atoms with E-state index < -0.39 is 0 Å². The van der Waals surface area contributed by atoms with Crippen molar-refractivity contribution in [1.82, 2.24) is 9.55 Å². The van der Waals surface area contributed by atoms with E-state index in [1.165, 1.54) is 6.07 Å². The molecule has 1 saturated heterocycles. The number of nitrogens with zero attached hydrogens (tertiary/aromatic N) is 2. The summed E-state index contributed by atoms with van der Waals surface area (Å²) >= 11 is 0. The van der Waals surface area contributed by atoms with Gasteiger partial charge in [0.1, 0.15) is 6.29 Å². The van der Waals surface area contributed by atoms with Crippen LogP contribution in [0.4, 0.5) is 0 Å². The van der Waals surface area contributed by atoms with E-state index in [2.05, 4.69) is 11.6 Å². The highest BCUT2D eigenvalue weighted by Crippen LogP contribution is 2.26. The Balaban J connectivity index is 1.97. The molecule has 0 radical (unpaired) electrons. The maximum absolute atomic E-state index is 12.6. The van der Waals surface area contributed by atoms with Gasteiger partial charge in [0.15, 0.2) is 0 Å². The van der Waals surface area contributed by atoms with E-state index in [0.29, 0.717) is 29.7 Å². The topological polar surface area (TPSA) is 61.2 Å². The molecule has 0 bridgehead atoms. The van der Waals surface area contributed by atoms with Crippen LogP contribution in [0.1, 0.15) is 30.9 Å². The minimum Gasteiger partial charge on any atom is -0.381 e. The first-order valence-electron chi connectivity index (χ1n) is 8.10. The Morgan fingerprint density at radius 3 is 2.92 bits per heavy atom. The largest absolute Gasteiger partial charge is 0.381 e. The maximum atomic E-state index is 12.6. The van der Waals surface area contributed by atoms with E-state index in [1.54, 1.807) is 10.9 Å². The van der Waals surface area contributed by atoms with Crippen LogP contribution in [0, 0.1) is 0 Å². The highest BCUT2D eigenvalue weighted by Gasteiger charge is 2.17. The van der Waals surface area contributed by atoms with Gasteiger partial charge in [-0.1, -0.05) is 30.8 Å². The second kappa shape index (κ2) is 7.36. The number of benzene rings is 1. The minimum atomic E-state index is -0.0848. The lowest BCUT2D eigenvalue weighted by Gasteiger charge is -2.17. The summed E-state index contributed by atoms with van der Waals surface area (Å²) in [6.45, 7) is 5.18. The van der Waals surface area contributed by atoms with Gasteiger partial charge in [-0.2, -0.15) is 0 Å². The Kier molecular flexibility index (Phi) is 5.01. The molecule has 2 aromatic rings. The molecule has 1 aromatic carbocycles. The van der Waals surface area contributed by atoms with Gasteiger partial charge in [0.2, 0.25) is 0 Å². The van der Waals surface area contributed by atoms with Gasteiger partial charge in [0.05, 0.1) is 12.0 Å². The quantitative estimate of drug-likeness (QED) is 0.641. The SMILES string of the molecule is C=C(C=O)c1ccccc1-c1cc(=O)n(C2CCCOCC2)cn1. The molecule has 1 aromatic heterocycles. The highest BCUT2D eigenvalue weighted by molar-refractivity contribution is 6.08. The van der Waals surface area contributed by atoms with Crippen molar-refractivity contribution in [2.24, 2.45) is 0 Å². The van der Waals surface area contributed by atoms with E-state index in [0.717, 1.165) is 31.4 Å². The molecule has 1 aliphatic heterocycles. The first kappa shape index (κ1) is 16.3. The average molecular weight is 324 g/mol. The number of allylic oxidation sites excluding steroid dienone is 1. The van der Waals surface area contributed by atoms with E-state index in [4.69, 9.17) is 4.74 Å². The molecule has 1 fully saturated rings. The van der Waals surface area contributed by atoms with Crippen LogP contribution < -0.4 is 5.56 Å². The number of ether oxygens (including phenoxy) is 1. The monoisotopic (exact) mass is 324 g/mol. The van der Waals surface area contributed by atoms with Crippen molar-refractivity contribution in [3.05, 3.63) is 59.2 Å².